The first-order valence-corrected chi connectivity index (χ1v) is 7.74. The lowest BCUT2D eigenvalue weighted by Crippen LogP contribution is -2.42. The van der Waals surface area contributed by atoms with Gasteiger partial charge in [-0.05, 0) is 39.7 Å². The number of amides is 1. The number of aromatic nitrogens is 2. The van der Waals surface area contributed by atoms with E-state index in [0.717, 1.165) is 25.1 Å². The number of rotatable bonds is 2. The highest BCUT2D eigenvalue weighted by atomic mass is 16.6. The Bertz CT molecular complexity index is 525. The second kappa shape index (κ2) is 6.50. The highest BCUT2D eigenvalue weighted by Gasteiger charge is 2.29. The summed E-state index contributed by atoms with van der Waals surface area (Å²) in [6.07, 6.45) is 3.54. The number of anilines is 1. The van der Waals surface area contributed by atoms with Crippen molar-refractivity contribution < 1.29 is 9.53 Å². The lowest BCUT2D eigenvalue weighted by Gasteiger charge is -2.34. The van der Waals surface area contributed by atoms with Crippen LogP contribution in [0.5, 0.6) is 0 Å². The molecule has 1 saturated heterocycles. The largest absolute Gasteiger partial charge is 0.444 e. The van der Waals surface area contributed by atoms with Crippen LogP contribution < -0.4 is 4.90 Å². The number of ether oxygens (including phenoxy) is 1. The van der Waals surface area contributed by atoms with E-state index in [0.29, 0.717) is 12.5 Å². The van der Waals surface area contributed by atoms with Crippen molar-refractivity contribution in [3.63, 3.8) is 0 Å². The molecule has 6 heteroatoms. The van der Waals surface area contributed by atoms with Crippen LogP contribution in [0, 0.1) is 0 Å². The van der Waals surface area contributed by atoms with E-state index in [9.17, 15) is 4.79 Å². The molecule has 0 N–H and O–H groups in total. The summed E-state index contributed by atoms with van der Waals surface area (Å²) in [6, 6.07) is 1.94. The Kier molecular flexibility index (Phi) is 4.88. The number of carbonyl (C=O) groups is 1. The van der Waals surface area contributed by atoms with Crippen LogP contribution in [0.15, 0.2) is 12.3 Å². The number of hydrogen-bond acceptors (Lipinski definition) is 5. The topological polar surface area (TPSA) is 58.6 Å². The quantitative estimate of drug-likeness (QED) is 0.840. The summed E-state index contributed by atoms with van der Waals surface area (Å²) in [4.78, 5) is 24.8. The Morgan fingerprint density at radius 3 is 2.77 bits per heavy atom. The molecule has 0 spiro atoms. The predicted molar refractivity (Wildman–Crippen MR) is 86.1 cm³/mol. The molecule has 2 rings (SSSR count). The molecule has 6 nitrogen and oxygen atoms in total. The fourth-order valence-electron chi connectivity index (χ4n) is 2.52. The van der Waals surface area contributed by atoms with E-state index < -0.39 is 5.60 Å². The SMILES string of the molecule is CN(C)c1nccc([C@@H]2CCCN(C(=O)OC(C)(C)C)C2)n1. The van der Waals surface area contributed by atoms with Crippen LogP contribution in [0.2, 0.25) is 0 Å². The van der Waals surface area contributed by atoms with Crippen molar-refractivity contribution in [1.82, 2.24) is 14.9 Å². The number of carbonyl (C=O) groups excluding carboxylic acids is 1. The van der Waals surface area contributed by atoms with Crippen LogP contribution in [-0.2, 0) is 4.74 Å². The maximum absolute atomic E-state index is 12.2. The molecule has 1 fully saturated rings. The van der Waals surface area contributed by atoms with Crippen molar-refractivity contribution >= 4 is 12.0 Å². The molecule has 0 radical (unpaired) electrons. The Hall–Kier alpha value is -1.85. The summed E-state index contributed by atoms with van der Waals surface area (Å²) < 4.78 is 5.47. The van der Waals surface area contributed by atoms with Crippen LogP contribution in [0.4, 0.5) is 10.7 Å². The van der Waals surface area contributed by atoms with Gasteiger partial charge in [-0.15, -0.1) is 0 Å². The number of piperidine rings is 1. The molecule has 122 valence electrons. The molecule has 0 aromatic carbocycles. The molecule has 2 heterocycles. The molecule has 1 aliphatic heterocycles. The molecule has 22 heavy (non-hydrogen) atoms. The van der Waals surface area contributed by atoms with Crippen molar-refractivity contribution in [3.05, 3.63) is 18.0 Å². The molecule has 1 aromatic heterocycles. The number of hydrogen-bond donors (Lipinski definition) is 0. The van der Waals surface area contributed by atoms with Crippen molar-refractivity contribution in [2.24, 2.45) is 0 Å². The minimum absolute atomic E-state index is 0.237. The smallest absolute Gasteiger partial charge is 0.410 e. The maximum Gasteiger partial charge on any atom is 0.410 e. The zero-order chi connectivity index (χ0) is 16.3. The Balaban J connectivity index is 2.07. The second-order valence-electron chi connectivity index (χ2n) is 6.94. The van der Waals surface area contributed by atoms with E-state index >= 15 is 0 Å². The first-order valence-electron chi connectivity index (χ1n) is 7.74. The van der Waals surface area contributed by atoms with Gasteiger partial charge in [0.1, 0.15) is 5.60 Å². The van der Waals surface area contributed by atoms with Crippen LogP contribution >= 0.6 is 0 Å². The summed E-state index contributed by atoms with van der Waals surface area (Å²) >= 11 is 0. The van der Waals surface area contributed by atoms with Gasteiger partial charge < -0.3 is 14.5 Å². The van der Waals surface area contributed by atoms with E-state index in [1.807, 2.05) is 45.8 Å². The molecule has 0 unspecified atom stereocenters. The minimum Gasteiger partial charge on any atom is -0.444 e. The predicted octanol–water partition coefficient (Wildman–Crippen LogP) is 2.66. The van der Waals surface area contributed by atoms with Gasteiger partial charge >= 0.3 is 6.09 Å². The molecule has 1 aliphatic rings. The van der Waals surface area contributed by atoms with Crippen molar-refractivity contribution in [2.45, 2.75) is 45.1 Å². The van der Waals surface area contributed by atoms with Gasteiger partial charge in [0.25, 0.3) is 0 Å². The van der Waals surface area contributed by atoms with Crippen molar-refractivity contribution in [2.75, 3.05) is 32.1 Å². The standard InChI is InChI=1S/C16H26N4O2/c1-16(2,3)22-15(21)20-10-6-7-12(11-20)13-8-9-17-14(18-13)19(4)5/h8-9,12H,6-7,10-11H2,1-5H3/t12-/m1/s1. The van der Waals surface area contributed by atoms with Crippen LogP contribution in [0.1, 0.15) is 45.2 Å². The highest BCUT2D eigenvalue weighted by molar-refractivity contribution is 5.68. The highest BCUT2D eigenvalue weighted by Crippen LogP contribution is 2.27. The van der Waals surface area contributed by atoms with Gasteiger partial charge in [-0.1, -0.05) is 0 Å². The molecule has 0 saturated carbocycles. The molecular weight excluding hydrogens is 280 g/mol. The summed E-state index contributed by atoms with van der Waals surface area (Å²) in [5, 5.41) is 0. The third-order valence-corrected chi connectivity index (χ3v) is 3.56. The van der Waals surface area contributed by atoms with E-state index in [4.69, 9.17) is 4.74 Å². The summed E-state index contributed by atoms with van der Waals surface area (Å²) in [6.45, 7) is 7.07. The fourth-order valence-corrected chi connectivity index (χ4v) is 2.52. The van der Waals surface area contributed by atoms with E-state index in [2.05, 4.69) is 9.97 Å². The van der Waals surface area contributed by atoms with Crippen LogP contribution in [0.25, 0.3) is 0 Å². The maximum atomic E-state index is 12.2. The van der Waals surface area contributed by atoms with Gasteiger partial charge in [0.2, 0.25) is 5.95 Å². The Morgan fingerprint density at radius 2 is 2.14 bits per heavy atom. The molecule has 0 aliphatic carbocycles. The molecule has 1 aromatic rings. The Labute approximate surface area is 132 Å². The van der Waals surface area contributed by atoms with Gasteiger partial charge in [0.15, 0.2) is 0 Å². The number of nitrogens with zero attached hydrogens (tertiary/aromatic N) is 4. The Morgan fingerprint density at radius 1 is 1.41 bits per heavy atom. The van der Waals surface area contributed by atoms with E-state index in [-0.39, 0.29) is 12.0 Å². The lowest BCUT2D eigenvalue weighted by atomic mass is 9.95. The third-order valence-electron chi connectivity index (χ3n) is 3.56. The van der Waals surface area contributed by atoms with E-state index in [1.165, 1.54) is 0 Å². The average Bonchev–Trinajstić information content (AvgIpc) is 2.46. The van der Waals surface area contributed by atoms with Crippen LogP contribution in [0.3, 0.4) is 0 Å². The van der Waals surface area contributed by atoms with E-state index in [1.54, 1.807) is 11.1 Å². The van der Waals surface area contributed by atoms with Crippen molar-refractivity contribution in [3.8, 4) is 0 Å². The van der Waals surface area contributed by atoms with Gasteiger partial charge in [-0.25, -0.2) is 14.8 Å². The zero-order valence-corrected chi connectivity index (χ0v) is 14.2. The molecule has 1 amide bonds. The molecule has 0 bridgehead atoms. The molecule has 1 atom stereocenters. The summed E-state index contributed by atoms with van der Waals surface area (Å²) in [5.41, 5.74) is 0.531. The first-order chi connectivity index (χ1) is 10.3. The normalized spacial score (nSPS) is 19.0. The zero-order valence-electron chi connectivity index (χ0n) is 14.2. The third kappa shape index (κ3) is 4.32. The van der Waals surface area contributed by atoms with Crippen molar-refractivity contribution in [1.29, 1.82) is 0 Å². The van der Waals surface area contributed by atoms with Crippen LogP contribution in [-0.4, -0.2) is 53.7 Å². The lowest BCUT2D eigenvalue weighted by molar-refractivity contribution is 0.0197. The fraction of sp³-hybridized carbons (Fsp3) is 0.688. The number of likely N-dealkylation sites (tertiary alicyclic amines) is 1. The van der Waals surface area contributed by atoms with Gasteiger partial charge in [-0.2, -0.15) is 0 Å². The summed E-state index contributed by atoms with van der Waals surface area (Å²) in [5.74, 6) is 0.940. The second-order valence-corrected chi connectivity index (χ2v) is 6.94. The van der Waals surface area contributed by atoms with Gasteiger partial charge in [0, 0.05) is 39.3 Å². The summed E-state index contributed by atoms with van der Waals surface area (Å²) in [7, 11) is 3.85. The molecular formula is C16H26N4O2. The average molecular weight is 306 g/mol. The van der Waals surface area contributed by atoms with Gasteiger partial charge in [0.05, 0.1) is 5.69 Å². The first kappa shape index (κ1) is 16.5. The minimum atomic E-state index is -0.461. The van der Waals surface area contributed by atoms with Gasteiger partial charge in [-0.3, -0.25) is 0 Å². The monoisotopic (exact) mass is 306 g/mol.